The molecule has 15 heavy (non-hydrogen) atoms. The Balaban J connectivity index is 2.19. The van der Waals surface area contributed by atoms with E-state index in [2.05, 4.69) is 18.2 Å². The molecule has 1 saturated carbocycles. The highest BCUT2D eigenvalue weighted by Crippen LogP contribution is 2.35. The van der Waals surface area contributed by atoms with Crippen LogP contribution in [0.4, 0.5) is 0 Å². The first-order valence-corrected chi connectivity index (χ1v) is 6.00. The maximum Gasteiger partial charge on any atom is 0.0669 e. The van der Waals surface area contributed by atoms with Crippen molar-refractivity contribution in [1.82, 2.24) is 9.78 Å². The van der Waals surface area contributed by atoms with E-state index in [1.807, 2.05) is 11.7 Å². The topological polar surface area (TPSA) is 43.8 Å². The molecule has 0 radical (unpaired) electrons. The van der Waals surface area contributed by atoms with Gasteiger partial charge in [-0.2, -0.15) is 5.10 Å². The summed E-state index contributed by atoms with van der Waals surface area (Å²) in [6, 6.07) is 0.205. The van der Waals surface area contributed by atoms with E-state index >= 15 is 0 Å². The number of nitrogens with two attached hydrogens (primary N) is 1. The van der Waals surface area contributed by atoms with Crippen molar-refractivity contribution < 1.29 is 0 Å². The number of aryl methyl sites for hydroxylation is 2. The smallest absolute Gasteiger partial charge is 0.0669 e. The van der Waals surface area contributed by atoms with Crippen LogP contribution in [-0.4, -0.2) is 9.78 Å². The SMILES string of the molecule is CCc1nn(C)cc1C(N)C1CCCC1. The number of aromatic nitrogens is 2. The molecule has 0 spiro atoms. The van der Waals surface area contributed by atoms with E-state index in [1.54, 1.807) is 0 Å². The molecule has 3 nitrogen and oxygen atoms in total. The van der Waals surface area contributed by atoms with Crippen LogP contribution in [0.5, 0.6) is 0 Å². The van der Waals surface area contributed by atoms with E-state index in [-0.39, 0.29) is 6.04 Å². The zero-order valence-corrected chi connectivity index (χ0v) is 9.74. The molecule has 1 aromatic rings. The Morgan fingerprint density at radius 1 is 1.53 bits per heavy atom. The van der Waals surface area contributed by atoms with Crippen LogP contribution in [0, 0.1) is 5.92 Å². The van der Waals surface area contributed by atoms with E-state index < -0.39 is 0 Å². The third-order valence-electron chi connectivity index (χ3n) is 3.54. The van der Waals surface area contributed by atoms with Crippen LogP contribution in [0.2, 0.25) is 0 Å². The lowest BCUT2D eigenvalue weighted by atomic mass is 9.92. The molecule has 1 fully saturated rings. The van der Waals surface area contributed by atoms with E-state index in [4.69, 9.17) is 5.73 Å². The van der Waals surface area contributed by atoms with Crippen LogP contribution in [-0.2, 0) is 13.5 Å². The summed E-state index contributed by atoms with van der Waals surface area (Å²) >= 11 is 0. The molecule has 2 N–H and O–H groups in total. The maximum atomic E-state index is 6.34. The third kappa shape index (κ3) is 2.07. The third-order valence-corrected chi connectivity index (χ3v) is 3.54. The van der Waals surface area contributed by atoms with E-state index in [1.165, 1.54) is 36.9 Å². The highest BCUT2D eigenvalue weighted by atomic mass is 15.3. The van der Waals surface area contributed by atoms with Crippen molar-refractivity contribution in [2.24, 2.45) is 18.7 Å². The van der Waals surface area contributed by atoms with Crippen molar-refractivity contribution in [2.45, 2.75) is 45.1 Å². The van der Waals surface area contributed by atoms with E-state index in [0.29, 0.717) is 5.92 Å². The largest absolute Gasteiger partial charge is 0.324 e. The zero-order chi connectivity index (χ0) is 10.8. The normalized spacial score (nSPS) is 19.7. The first kappa shape index (κ1) is 10.7. The average molecular weight is 207 g/mol. The van der Waals surface area contributed by atoms with Crippen molar-refractivity contribution in [2.75, 3.05) is 0 Å². The Hall–Kier alpha value is -0.830. The molecule has 84 valence electrons. The van der Waals surface area contributed by atoms with Crippen molar-refractivity contribution in [3.8, 4) is 0 Å². The summed E-state index contributed by atoms with van der Waals surface area (Å²) in [5.41, 5.74) is 8.78. The van der Waals surface area contributed by atoms with Gasteiger partial charge in [0.05, 0.1) is 5.69 Å². The molecular formula is C12H21N3. The molecule has 0 aromatic carbocycles. The van der Waals surface area contributed by atoms with Crippen LogP contribution in [0.1, 0.15) is 49.9 Å². The lowest BCUT2D eigenvalue weighted by Gasteiger charge is -2.18. The molecule has 0 amide bonds. The van der Waals surface area contributed by atoms with Gasteiger partial charge in [0.1, 0.15) is 0 Å². The summed E-state index contributed by atoms with van der Waals surface area (Å²) in [6.45, 7) is 2.15. The summed E-state index contributed by atoms with van der Waals surface area (Å²) in [6.07, 6.45) is 8.36. The van der Waals surface area contributed by atoms with Gasteiger partial charge in [-0.15, -0.1) is 0 Å². The van der Waals surface area contributed by atoms with Crippen molar-refractivity contribution in [3.05, 3.63) is 17.5 Å². The molecule has 1 aromatic heterocycles. The van der Waals surface area contributed by atoms with Crippen LogP contribution < -0.4 is 5.73 Å². The molecule has 1 aliphatic carbocycles. The molecule has 0 bridgehead atoms. The molecule has 1 heterocycles. The standard InChI is InChI=1S/C12H21N3/c1-3-11-10(8-15(2)14-11)12(13)9-6-4-5-7-9/h8-9,12H,3-7,13H2,1-2H3. The summed E-state index contributed by atoms with van der Waals surface area (Å²) in [5, 5.41) is 4.46. The minimum atomic E-state index is 0.205. The predicted molar refractivity (Wildman–Crippen MR) is 61.5 cm³/mol. The molecule has 1 atom stereocenters. The van der Waals surface area contributed by atoms with Gasteiger partial charge in [0.15, 0.2) is 0 Å². The average Bonchev–Trinajstić information content (AvgIpc) is 2.84. The van der Waals surface area contributed by atoms with Gasteiger partial charge >= 0.3 is 0 Å². The summed E-state index contributed by atoms with van der Waals surface area (Å²) in [5.74, 6) is 0.680. The van der Waals surface area contributed by atoms with Gasteiger partial charge in [0, 0.05) is 24.8 Å². The molecule has 3 heteroatoms. The maximum absolute atomic E-state index is 6.34. The highest BCUT2D eigenvalue weighted by molar-refractivity contribution is 5.22. The van der Waals surface area contributed by atoms with Gasteiger partial charge in [0.25, 0.3) is 0 Å². The van der Waals surface area contributed by atoms with Crippen molar-refractivity contribution >= 4 is 0 Å². The minimum absolute atomic E-state index is 0.205. The molecule has 1 aliphatic rings. The Bertz CT molecular complexity index is 324. The van der Waals surface area contributed by atoms with Crippen LogP contribution in [0.3, 0.4) is 0 Å². The Morgan fingerprint density at radius 3 is 2.80 bits per heavy atom. The molecule has 0 saturated heterocycles. The quantitative estimate of drug-likeness (QED) is 0.825. The van der Waals surface area contributed by atoms with Gasteiger partial charge in [-0.3, -0.25) is 4.68 Å². The van der Waals surface area contributed by atoms with E-state index in [0.717, 1.165) is 6.42 Å². The highest BCUT2D eigenvalue weighted by Gasteiger charge is 2.25. The molecule has 2 rings (SSSR count). The monoisotopic (exact) mass is 207 g/mol. The number of hydrogen-bond acceptors (Lipinski definition) is 2. The predicted octanol–water partition coefficient (Wildman–Crippen LogP) is 2.17. The molecular weight excluding hydrogens is 186 g/mol. The first-order valence-electron chi connectivity index (χ1n) is 6.00. The second-order valence-electron chi connectivity index (χ2n) is 4.63. The summed E-state index contributed by atoms with van der Waals surface area (Å²) in [4.78, 5) is 0. The second-order valence-corrected chi connectivity index (χ2v) is 4.63. The van der Waals surface area contributed by atoms with Crippen LogP contribution in [0.25, 0.3) is 0 Å². The minimum Gasteiger partial charge on any atom is -0.324 e. The van der Waals surface area contributed by atoms with Crippen molar-refractivity contribution in [1.29, 1.82) is 0 Å². The second kappa shape index (κ2) is 4.35. The first-order chi connectivity index (χ1) is 7.22. The lowest BCUT2D eigenvalue weighted by Crippen LogP contribution is -2.19. The Labute approximate surface area is 91.7 Å². The van der Waals surface area contributed by atoms with Gasteiger partial charge < -0.3 is 5.73 Å². The van der Waals surface area contributed by atoms with E-state index in [9.17, 15) is 0 Å². The number of hydrogen-bond donors (Lipinski definition) is 1. The molecule has 1 unspecified atom stereocenters. The number of nitrogens with zero attached hydrogens (tertiary/aromatic N) is 2. The fraction of sp³-hybridized carbons (Fsp3) is 0.750. The van der Waals surface area contributed by atoms with Crippen molar-refractivity contribution in [3.63, 3.8) is 0 Å². The fourth-order valence-electron chi connectivity index (χ4n) is 2.68. The van der Waals surface area contributed by atoms with Gasteiger partial charge in [-0.1, -0.05) is 19.8 Å². The van der Waals surface area contributed by atoms with Gasteiger partial charge in [-0.05, 0) is 25.2 Å². The van der Waals surface area contributed by atoms with Gasteiger partial charge in [-0.25, -0.2) is 0 Å². The fourth-order valence-corrected chi connectivity index (χ4v) is 2.68. The van der Waals surface area contributed by atoms with Crippen LogP contribution >= 0.6 is 0 Å². The molecule has 0 aliphatic heterocycles. The zero-order valence-electron chi connectivity index (χ0n) is 9.74. The summed E-state index contributed by atoms with van der Waals surface area (Å²) < 4.78 is 1.89. The lowest BCUT2D eigenvalue weighted by molar-refractivity contribution is 0.442. The Morgan fingerprint density at radius 2 is 2.20 bits per heavy atom. The number of rotatable bonds is 3. The Kier molecular flexibility index (Phi) is 3.10. The summed E-state index contributed by atoms with van der Waals surface area (Å²) in [7, 11) is 1.98. The van der Waals surface area contributed by atoms with Gasteiger partial charge in [0.2, 0.25) is 0 Å². The van der Waals surface area contributed by atoms with Crippen LogP contribution in [0.15, 0.2) is 6.20 Å².